The molecule has 0 aliphatic carbocycles. The molecule has 0 aromatic heterocycles. The van der Waals surface area contributed by atoms with Crippen LogP contribution in [-0.4, -0.2) is 12.6 Å². The van der Waals surface area contributed by atoms with E-state index in [-0.39, 0.29) is 5.75 Å². The number of benzene rings is 1. The Morgan fingerprint density at radius 3 is 2.20 bits per heavy atom. The molecule has 0 heterocycles. The van der Waals surface area contributed by atoms with E-state index in [2.05, 4.69) is 4.74 Å². The highest BCUT2D eigenvalue weighted by molar-refractivity contribution is 5.73. The van der Waals surface area contributed by atoms with Crippen LogP contribution in [0, 0.1) is 0 Å². The fourth-order valence-corrected chi connectivity index (χ4v) is 0.931. The highest BCUT2D eigenvalue weighted by atomic mass is 19.4. The summed E-state index contributed by atoms with van der Waals surface area (Å²) in [6.07, 6.45) is -1.37. The number of hydrogen-bond acceptors (Lipinski definition) is 2. The number of hydrogen-bond donors (Lipinski definition) is 0. The minimum Gasteiger partial charge on any atom is -0.406 e. The van der Waals surface area contributed by atoms with Crippen LogP contribution in [0.4, 0.5) is 13.2 Å². The van der Waals surface area contributed by atoms with Crippen LogP contribution in [0.15, 0.2) is 30.3 Å². The van der Waals surface area contributed by atoms with E-state index in [9.17, 15) is 18.0 Å². The van der Waals surface area contributed by atoms with Gasteiger partial charge in [-0.3, -0.25) is 4.79 Å². The van der Waals surface area contributed by atoms with Gasteiger partial charge >= 0.3 is 6.36 Å². The van der Waals surface area contributed by atoms with Crippen LogP contribution in [0.2, 0.25) is 0 Å². The maximum Gasteiger partial charge on any atom is 0.573 e. The van der Waals surface area contributed by atoms with Gasteiger partial charge in [0.05, 0.1) is 0 Å². The average Bonchev–Trinajstić information content (AvgIpc) is 2.14. The second-order valence-corrected chi connectivity index (χ2v) is 2.61. The lowest BCUT2D eigenvalue weighted by Gasteiger charge is -2.08. The van der Waals surface area contributed by atoms with Crippen molar-refractivity contribution < 1.29 is 22.7 Å². The highest BCUT2D eigenvalue weighted by Gasteiger charge is 2.30. The smallest absolute Gasteiger partial charge is 0.406 e. The van der Waals surface area contributed by atoms with Crippen molar-refractivity contribution in [3.05, 3.63) is 35.9 Å². The molecular weight excluding hydrogens is 209 g/mol. The Kier molecular flexibility index (Phi) is 3.49. The summed E-state index contributed by atoms with van der Waals surface area (Å²) in [6.45, 7) is 0. The summed E-state index contributed by atoms with van der Waals surface area (Å²) in [6, 6.07) is 5.19. The Morgan fingerprint density at radius 1 is 1.13 bits per heavy atom. The fraction of sp³-hybridized carbons (Fsp3) is 0.100. The molecule has 0 saturated carbocycles. The molecule has 0 radical (unpaired) electrons. The van der Waals surface area contributed by atoms with Crippen LogP contribution in [0.5, 0.6) is 5.75 Å². The minimum absolute atomic E-state index is 0.286. The summed E-state index contributed by atoms with van der Waals surface area (Å²) in [5.41, 5.74) is 0.622. The van der Waals surface area contributed by atoms with Gasteiger partial charge in [0.1, 0.15) is 12.0 Å². The van der Waals surface area contributed by atoms with Crippen LogP contribution in [0.25, 0.3) is 6.08 Å². The van der Waals surface area contributed by atoms with Crippen molar-refractivity contribution in [3.63, 3.8) is 0 Å². The largest absolute Gasteiger partial charge is 0.573 e. The second-order valence-electron chi connectivity index (χ2n) is 2.61. The lowest BCUT2D eigenvalue weighted by molar-refractivity contribution is -0.274. The van der Waals surface area contributed by atoms with E-state index in [0.717, 1.165) is 0 Å². The molecule has 0 aliphatic rings. The van der Waals surface area contributed by atoms with Crippen molar-refractivity contribution in [1.82, 2.24) is 0 Å². The van der Waals surface area contributed by atoms with E-state index < -0.39 is 6.36 Å². The molecule has 0 amide bonds. The Labute approximate surface area is 84.0 Å². The number of rotatable bonds is 3. The molecule has 1 rings (SSSR count). The van der Waals surface area contributed by atoms with Gasteiger partial charge in [0.2, 0.25) is 0 Å². The molecule has 1 aromatic rings. The Morgan fingerprint density at radius 2 is 1.73 bits per heavy atom. The molecule has 80 valence electrons. The van der Waals surface area contributed by atoms with Crippen molar-refractivity contribution in [1.29, 1.82) is 0 Å². The Hall–Kier alpha value is -1.78. The first kappa shape index (κ1) is 11.3. The summed E-state index contributed by atoms with van der Waals surface area (Å²) >= 11 is 0. The van der Waals surface area contributed by atoms with Gasteiger partial charge in [0.15, 0.2) is 0 Å². The van der Waals surface area contributed by atoms with Gasteiger partial charge in [-0.25, -0.2) is 0 Å². The Bertz CT molecular complexity index is 352. The van der Waals surface area contributed by atoms with E-state index >= 15 is 0 Å². The summed E-state index contributed by atoms with van der Waals surface area (Å²) in [4.78, 5) is 9.97. The zero-order valence-corrected chi connectivity index (χ0v) is 7.49. The SMILES string of the molecule is O=CC=Cc1ccc(OC(F)(F)F)cc1. The zero-order valence-electron chi connectivity index (χ0n) is 7.49. The van der Waals surface area contributed by atoms with Crippen LogP contribution < -0.4 is 4.74 Å². The van der Waals surface area contributed by atoms with Gasteiger partial charge in [-0.05, 0) is 23.8 Å². The lowest BCUT2D eigenvalue weighted by atomic mass is 10.2. The lowest BCUT2D eigenvalue weighted by Crippen LogP contribution is -2.16. The van der Waals surface area contributed by atoms with Crippen molar-refractivity contribution >= 4 is 12.4 Å². The number of ether oxygens (including phenoxy) is 1. The number of carbonyl (C=O) groups excluding carboxylic acids is 1. The van der Waals surface area contributed by atoms with Crippen LogP contribution in [0.1, 0.15) is 5.56 Å². The number of halogens is 3. The van der Waals surface area contributed by atoms with Crippen LogP contribution >= 0.6 is 0 Å². The van der Waals surface area contributed by atoms with Gasteiger partial charge in [-0.1, -0.05) is 18.2 Å². The van der Waals surface area contributed by atoms with Gasteiger partial charge in [-0.2, -0.15) is 0 Å². The van der Waals surface area contributed by atoms with Crippen LogP contribution in [-0.2, 0) is 4.79 Å². The maximum atomic E-state index is 11.8. The average molecular weight is 216 g/mol. The third-order valence-electron chi connectivity index (χ3n) is 1.48. The van der Waals surface area contributed by atoms with E-state index in [1.165, 1.54) is 36.4 Å². The van der Waals surface area contributed by atoms with Gasteiger partial charge in [0.25, 0.3) is 0 Å². The number of aldehydes is 1. The fourth-order valence-electron chi connectivity index (χ4n) is 0.931. The molecule has 0 unspecified atom stereocenters. The topological polar surface area (TPSA) is 26.3 Å². The molecule has 1 aromatic carbocycles. The molecule has 5 heteroatoms. The molecule has 0 atom stereocenters. The minimum atomic E-state index is -4.68. The van der Waals surface area contributed by atoms with Crippen molar-refractivity contribution in [2.24, 2.45) is 0 Å². The molecular formula is C10H7F3O2. The second kappa shape index (κ2) is 4.63. The van der Waals surface area contributed by atoms with Crippen molar-refractivity contribution in [3.8, 4) is 5.75 Å². The number of allylic oxidation sites excluding steroid dienone is 1. The Balaban J connectivity index is 2.72. The molecule has 0 aliphatic heterocycles. The summed E-state index contributed by atoms with van der Waals surface area (Å²) in [7, 11) is 0. The molecule has 0 N–H and O–H groups in total. The quantitative estimate of drug-likeness (QED) is 0.573. The van der Waals surface area contributed by atoms with E-state index in [0.29, 0.717) is 11.8 Å². The molecule has 2 nitrogen and oxygen atoms in total. The first-order chi connectivity index (χ1) is 7.01. The highest BCUT2D eigenvalue weighted by Crippen LogP contribution is 2.22. The standard InChI is InChI=1S/C10H7F3O2/c11-10(12,13)15-9-5-3-8(4-6-9)2-1-7-14/h1-7H. The summed E-state index contributed by atoms with van der Waals surface area (Å²) < 4.78 is 39.0. The van der Waals surface area contributed by atoms with Crippen molar-refractivity contribution in [2.75, 3.05) is 0 Å². The zero-order chi connectivity index (χ0) is 11.3. The molecule has 0 saturated heterocycles. The first-order valence-corrected chi connectivity index (χ1v) is 3.99. The summed E-state index contributed by atoms with van der Waals surface area (Å²) in [5.74, 6) is -0.286. The maximum absolute atomic E-state index is 11.8. The molecule has 0 spiro atoms. The van der Waals surface area contributed by atoms with Gasteiger partial charge in [0, 0.05) is 0 Å². The van der Waals surface area contributed by atoms with E-state index in [1.807, 2.05) is 0 Å². The van der Waals surface area contributed by atoms with E-state index in [1.54, 1.807) is 0 Å². The molecule has 15 heavy (non-hydrogen) atoms. The van der Waals surface area contributed by atoms with Gasteiger partial charge in [-0.15, -0.1) is 13.2 Å². The third-order valence-corrected chi connectivity index (χ3v) is 1.48. The molecule has 0 bridgehead atoms. The number of carbonyl (C=O) groups is 1. The summed E-state index contributed by atoms with van der Waals surface area (Å²) in [5, 5.41) is 0. The van der Waals surface area contributed by atoms with Crippen molar-refractivity contribution in [2.45, 2.75) is 6.36 Å². The first-order valence-electron chi connectivity index (χ1n) is 3.99. The predicted molar refractivity (Wildman–Crippen MR) is 48.2 cm³/mol. The molecule has 0 fully saturated rings. The predicted octanol–water partition coefficient (Wildman–Crippen LogP) is 2.80. The van der Waals surface area contributed by atoms with Gasteiger partial charge < -0.3 is 4.74 Å². The normalized spacial score (nSPS) is 11.7. The third kappa shape index (κ3) is 4.30. The number of alkyl halides is 3. The monoisotopic (exact) mass is 216 g/mol. The van der Waals surface area contributed by atoms with E-state index in [4.69, 9.17) is 0 Å². The van der Waals surface area contributed by atoms with Crippen LogP contribution in [0.3, 0.4) is 0 Å².